The summed E-state index contributed by atoms with van der Waals surface area (Å²) in [4.78, 5) is 35.0. The molecule has 0 N–H and O–H groups in total. The van der Waals surface area contributed by atoms with Crippen molar-refractivity contribution < 1.29 is 162 Å². The second kappa shape index (κ2) is 32.0. The van der Waals surface area contributed by atoms with Crippen molar-refractivity contribution in [2.75, 3.05) is 53.4 Å². The molecule has 0 spiro atoms. The van der Waals surface area contributed by atoms with Gasteiger partial charge in [-0.1, -0.05) is 86.0 Å². The summed E-state index contributed by atoms with van der Waals surface area (Å²) in [6.45, 7) is -0.658. The van der Waals surface area contributed by atoms with Gasteiger partial charge in [-0.2, -0.15) is 105 Å². The fourth-order valence-electron chi connectivity index (χ4n) is 11.0. The van der Waals surface area contributed by atoms with E-state index in [4.69, 9.17) is 33.2 Å². The van der Waals surface area contributed by atoms with E-state index in [-0.39, 0.29) is 36.4 Å². The van der Waals surface area contributed by atoms with Gasteiger partial charge in [0.2, 0.25) is 16.2 Å². The third-order valence-electron chi connectivity index (χ3n) is 15.9. The molecule has 0 saturated carbocycles. The molecule has 0 heterocycles. The maximum absolute atomic E-state index is 15.3. The van der Waals surface area contributed by atoms with Crippen molar-refractivity contribution in [3.63, 3.8) is 0 Å². The van der Waals surface area contributed by atoms with Gasteiger partial charge in [-0.3, -0.25) is 4.79 Å². The lowest BCUT2D eigenvalue weighted by Gasteiger charge is -2.38. The van der Waals surface area contributed by atoms with E-state index in [0.717, 1.165) is 14.0 Å². The van der Waals surface area contributed by atoms with Gasteiger partial charge >= 0.3 is 67.3 Å². The average molecular weight is 1520 g/mol. The first kappa shape index (κ1) is 83.8. The molecule has 6 aromatic rings. The third-order valence-corrected chi connectivity index (χ3v) is 15.9. The summed E-state index contributed by atoms with van der Waals surface area (Å²) in [7, 11) is 0.967. The topological polar surface area (TPSA) is 134 Å². The van der Waals surface area contributed by atoms with E-state index in [1.54, 1.807) is 0 Å². The van der Waals surface area contributed by atoms with Crippen LogP contribution in [0.25, 0.3) is 0 Å². The minimum atomic E-state index is -6.27. The Hall–Kier alpha value is -9.19. The molecule has 0 aliphatic rings. The Labute approximate surface area is 573 Å². The molecular weight excluding hydrogens is 1460 g/mol. The highest BCUT2D eigenvalue weighted by molar-refractivity contribution is 5.83. The van der Waals surface area contributed by atoms with Crippen LogP contribution in [0, 0.1) is 5.41 Å². The van der Waals surface area contributed by atoms with Gasteiger partial charge in [0.05, 0.1) is 18.6 Å². The molecule has 0 radical (unpaired) electrons. The summed E-state index contributed by atoms with van der Waals surface area (Å²) >= 11 is 0. The molecule has 6 rings (SSSR count). The SMILES string of the molecule is C=CC(=O)Oc1ccc(C(c2ccc(OCC(COCCCOC(CCCOC)(C(F)(F)F)C(F)(F)F)(COc3ccc(C(c4ccc(OC(C)=O)cc4)(C(F)(F)F)C(F)(F)F)cc3)COc3ccc(C(c4ccc(OC(=O)C=C)cc4)(C(F)(F)F)C(F)(F)F)cc3)cc2)(C(F)(F)F)C(F)(F)F)cc1. The predicted octanol–water partition coefficient (Wildman–Crippen LogP) is 18.3. The van der Waals surface area contributed by atoms with Gasteiger partial charge in [-0.05, 0) is 125 Å². The number of hydrogen-bond acceptors (Lipinski definition) is 12. The molecule has 6 aromatic carbocycles. The van der Waals surface area contributed by atoms with Crippen molar-refractivity contribution >= 4 is 17.9 Å². The lowest BCUT2D eigenvalue weighted by Crippen LogP contribution is -2.59. The number of esters is 3. The molecule has 568 valence electrons. The number of carbonyl (C=O) groups excluding carboxylic acids is 3. The molecule has 0 aromatic heterocycles. The summed E-state index contributed by atoms with van der Waals surface area (Å²) in [5.41, 5.74) is -31.1. The Morgan fingerprint density at radius 1 is 0.337 bits per heavy atom. The summed E-state index contributed by atoms with van der Waals surface area (Å²) in [6, 6.07) is 10.2. The second-order valence-electron chi connectivity index (χ2n) is 22.8. The summed E-state index contributed by atoms with van der Waals surface area (Å²) in [5.74, 6) is -7.04. The number of alkyl halides is 24. The highest BCUT2D eigenvalue weighted by Crippen LogP contribution is 2.60. The molecule has 12 nitrogen and oxygen atoms in total. The van der Waals surface area contributed by atoms with Crippen molar-refractivity contribution in [2.45, 2.75) is 97.4 Å². The molecule has 0 fully saturated rings. The lowest BCUT2D eigenvalue weighted by atomic mass is 9.73. The zero-order valence-corrected chi connectivity index (χ0v) is 53.5. The molecule has 0 aliphatic carbocycles. The molecule has 0 unspecified atom stereocenters. The van der Waals surface area contributed by atoms with Crippen LogP contribution in [0.4, 0.5) is 105 Å². The van der Waals surface area contributed by atoms with E-state index in [9.17, 15) is 40.7 Å². The Morgan fingerprint density at radius 2 is 0.596 bits per heavy atom. The predicted molar refractivity (Wildman–Crippen MR) is 317 cm³/mol. The Balaban J connectivity index is 1.50. The van der Waals surface area contributed by atoms with E-state index >= 15 is 79.0 Å². The van der Waals surface area contributed by atoms with Crippen LogP contribution in [0.1, 0.15) is 59.6 Å². The normalized spacial score (nSPS) is 13.4. The zero-order valence-electron chi connectivity index (χ0n) is 53.5. The number of ether oxygens (including phenoxy) is 9. The van der Waals surface area contributed by atoms with E-state index in [1.807, 2.05) is 0 Å². The van der Waals surface area contributed by atoms with Gasteiger partial charge in [-0.15, -0.1) is 0 Å². The number of halogens is 24. The molecule has 0 aliphatic heterocycles. The Kier molecular flexibility index (Phi) is 25.8. The highest BCUT2D eigenvalue weighted by atomic mass is 19.4. The van der Waals surface area contributed by atoms with Crippen molar-refractivity contribution in [1.82, 2.24) is 0 Å². The Morgan fingerprint density at radius 3 is 0.827 bits per heavy atom. The molecule has 0 amide bonds. The zero-order chi connectivity index (χ0) is 78.0. The van der Waals surface area contributed by atoms with Gasteiger partial charge in [0.1, 0.15) is 54.3 Å². The van der Waals surface area contributed by atoms with E-state index < -0.39 is 228 Å². The van der Waals surface area contributed by atoms with Crippen LogP contribution in [0.5, 0.6) is 34.5 Å². The minimum absolute atomic E-state index is 0.261. The molecule has 104 heavy (non-hydrogen) atoms. The van der Waals surface area contributed by atoms with Crippen LogP contribution in [0.15, 0.2) is 171 Å². The lowest BCUT2D eigenvalue weighted by molar-refractivity contribution is -0.383. The fraction of sp³-hybridized carbons (Fsp3) is 0.368. The van der Waals surface area contributed by atoms with Crippen molar-refractivity contribution in [1.29, 1.82) is 0 Å². The van der Waals surface area contributed by atoms with Gasteiger partial charge in [-0.25, -0.2) is 9.59 Å². The molecular formula is C68H56F24O12. The quantitative estimate of drug-likeness (QED) is 0.0135. The van der Waals surface area contributed by atoms with Gasteiger partial charge in [0, 0.05) is 39.4 Å². The second-order valence-corrected chi connectivity index (χ2v) is 22.8. The van der Waals surface area contributed by atoms with Gasteiger partial charge in [0.25, 0.3) is 5.60 Å². The monoisotopic (exact) mass is 1520 g/mol. The number of carbonyl (C=O) groups is 3. The highest BCUT2D eigenvalue weighted by Gasteiger charge is 2.76. The first-order valence-corrected chi connectivity index (χ1v) is 29.7. The van der Waals surface area contributed by atoms with Crippen molar-refractivity contribution in [3.05, 3.63) is 204 Å². The van der Waals surface area contributed by atoms with Crippen LogP contribution < -0.4 is 28.4 Å². The first-order chi connectivity index (χ1) is 48.1. The van der Waals surface area contributed by atoms with Gasteiger partial charge in [0.15, 0.2) is 0 Å². The number of methoxy groups -OCH3 is 1. The van der Waals surface area contributed by atoms with E-state index in [2.05, 4.69) is 22.6 Å². The Bertz CT molecular complexity index is 3630. The maximum atomic E-state index is 15.3. The van der Waals surface area contributed by atoms with E-state index in [0.29, 0.717) is 121 Å². The van der Waals surface area contributed by atoms with E-state index in [1.165, 1.54) is 0 Å². The third kappa shape index (κ3) is 17.8. The number of rotatable bonds is 31. The smallest absolute Gasteiger partial charge is 0.426 e. The molecule has 0 saturated heterocycles. The maximum Gasteiger partial charge on any atom is 0.426 e. The summed E-state index contributed by atoms with van der Waals surface area (Å²) in [6.07, 6.45) is -52.1. The summed E-state index contributed by atoms with van der Waals surface area (Å²) in [5, 5.41) is 0. The fourth-order valence-corrected chi connectivity index (χ4v) is 11.0. The summed E-state index contributed by atoms with van der Waals surface area (Å²) < 4.78 is 408. The van der Waals surface area contributed by atoms with Crippen LogP contribution in [0.2, 0.25) is 0 Å². The largest absolute Gasteiger partial charge is 0.493 e. The standard InChI is InChI=1S/C68H56F24O12/c1-5-54(94)103-52-29-17-46(18-30-52)59(65(81,82)83,66(84,85)86)43-11-23-49(24-12-43)99-39-56(37-97-35-8-36-101-57(61(69,70)71,62(72,73)74)33-7-34-96-4,38-98-48-21-9-42(10-22-48)58(63(75,76)77,64(78,79)80)45-15-27-51(28-16-45)102-41(3)93)40-100-50-25-13-44(14-26-50)60(67(87,88)89,68(90,91)92)47-19-31-53(32-20-47)104-55(95)6-2/h5-6,9-32H,1-2,7-8,33-40H2,3-4H3. The molecule has 0 atom stereocenters. The molecule has 36 heteroatoms. The number of benzene rings is 6. The average Bonchev–Trinajstić information content (AvgIpc) is 0.715. The van der Waals surface area contributed by atoms with Crippen LogP contribution in [-0.4, -0.2) is 126 Å². The van der Waals surface area contributed by atoms with Crippen LogP contribution in [0.3, 0.4) is 0 Å². The minimum Gasteiger partial charge on any atom is -0.493 e. The van der Waals surface area contributed by atoms with Crippen molar-refractivity contribution in [2.24, 2.45) is 5.41 Å². The number of hydrogen-bond donors (Lipinski definition) is 0. The van der Waals surface area contributed by atoms with Crippen molar-refractivity contribution in [3.8, 4) is 34.5 Å². The van der Waals surface area contributed by atoms with Crippen LogP contribution in [-0.2, 0) is 44.8 Å². The van der Waals surface area contributed by atoms with Gasteiger partial charge < -0.3 is 42.6 Å². The van der Waals surface area contributed by atoms with Crippen LogP contribution >= 0.6 is 0 Å². The first-order valence-electron chi connectivity index (χ1n) is 29.7. The molecule has 0 bridgehead atoms.